The fraction of sp³-hybridized carbons (Fsp3) is 0.583. The van der Waals surface area contributed by atoms with Crippen LogP contribution >= 0.6 is 11.8 Å². The number of carboxylic acids is 1. The van der Waals surface area contributed by atoms with Crippen molar-refractivity contribution in [3.05, 3.63) is 18.5 Å². The van der Waals surface area contributed by atoms with Gasteiger partial charge in [-0.05, 0) is 12.0 Å². The third kappa shape index (κ3) is 2.91. The molecule has 1 fully saturated rings. The van der Waals surface area contributed by atoms with Crippen LogP contribution in [0.25, 0.3) is 0 Å². The van der Waals surface area contributed by atoms with Crippen LogP contribution in [0.4, 0.5) is 0 Å². The second-order valence-electron chi connectivity index (χ2n) is 4.83. The van der Waals surface area contributed by atoms with E-state index in [-0.39, 0.29) is 23.7 Å². The van der Waals surface area contributed by atoms with Crippen LogP contribution in [-0.2, 0) is 16.1 Å². The largest absolute Gasteiger partial charge is 0.480 e. The van der Waals surface area contributed by atoms with Crippen LogP contribution < -0.4 is 0 Å². The predicted octanol–water partition coefficient (Wildman–Crippen LogP) is 0.894. The van der Waals surface area contributed by atoms with E-state index in [1.54, 1.807) is 18.5 Å². The Hall–Kier alpha value is -1.50. The number of aliphatic carboxylic acids is 1. The summed E-state index contributed by atoms with van der Waals surface area (Å²) in [4.78, 5) is 25.1. The van der Waals surface area contributed by atoms with Crippen molar-refractivity contribution < 1.29 is 14.7 Å². The summed E-state index contributed by atoms with van der Waals surface area (Å²) in [6, 6.07) is 1.00. The minimum Gasteiger partial charge on any atom is -0.480 e. The highest BCUT2D eigenvalue weighted by Crippen LogP contribution is 2.34. The molecule has 0 radical (unpaired) electrons. The first kappa shape index (κ1) is 13.9. The number of carbonyl (C=O) groups excluding carboxylic acids is 1. The molecule has 0 spiro atoms. The molecule has 2 heterocycles. The molecule has 0 aromatic carbocycles. The summed E-state index contributed by atoms with van der Waals surface area (Å²) in [5.41, 5.74) is 0. The van der Waals surface area contributed by atoms with Gasteiger partial charge in [-0.25, -0.2) is 4.79 Å². The molecular weight excluding hydrogens is 266 g/mol. The number of amides is 1. The SMILES string of the molecule is CC(C)C1SCC(C(=O)O)N1C(=O)Cn1cccn1. The Labute approximate surface area is 115 Å². The Morgan fingerprint density at radius 2 is 2.26 bits per heavy atom. The van der Waals surface area contributed by atoms with E-state index in [0.717, 1.165) is 0 Å². The van der Waals surface area contributed by atoms with Gasteiger partial charge in [-0.2, -0.15) is 5.10 Å². The van der Waals surface area contributed by atoms with Crippen LogP contribution in [0.1, 0.15) is 13.8 Å². The fourth-order valence-corrected chi connectivity index (χ4v) is 3.65. The van der Waals surface area contributed by atoms with E-state index >= 15 is 0 Å². The van der Waals surface area contributed by atoms with Gasteiger partial charge in [-0.15, -0.1) is 11.8 Å². The highest BCUT2D eigenvalue weighted by Gasteiger charge is 2.42. The number of rotatable bonds is 4. The first-order valence-electron chi connectivity index (χ1n) is 6.13. The first-order chi connectivity index (χ1) is 9.00. The Bertz CT molecular complexity index is 461. The molecule has 19 heavy (non-hydrogen) atoms. The molecule has 1 N–H and O–H groups in total. The van der Waals surface area contributed by atoms with E-state index < -0.39 is 12.0 Å². The van der Waals surface area contributed by atoms with Crippen molar-refractivity contribution in [3.8, 4) is 0 Å². The van der Waals surface area contributed by atoms with Gasteiger partial charge in [-0.3, -0.25) is 9.48 Å². The maximum absolute atomic E-state index is 12.3. The number of carbonyl (C=O) groups is 2. The van der Waals surface area contributed by atoms with E-state index in [9.17, 15) is 14.7 Å². The number of carboxylic acid groups (broad SMARTS) is 1. The van der Waals surface area contributed by atoms with Gasteiger partial charge < -0.3 is 10.0 Å². The summed E-state index contributed by atoms with van der Waals surface area (Å²) in [5, 5.41) is 13.1. The van der Waals surface area contributed by atoms with Crippen LogP contribution in [-0.4, -0.2) is 48.8 Å². The van der Waals surface area contributed by atoms with Gasteiger partial charge >= 0.3 is 5.97 Å². The molecule has 0 saturated carbocycles. The second kappa shape index (κ2) is 5.64. The number of nitrogens with zero attached hydrogens (tertiary/aromatic N) is 3. The van der Waals surface area contributed by atoms with Crippen molar-refractivity contribution in [1.82, 2.24) is 14.7 Å². The lowest BCUT2D eigenvalue weighted by molar-refractivity contribution is -0.149. The van der Waals surface area contributed by atoms with Gasteiger partial charge in [0, 0.05) is 18.1 Å². The molecule has 1 amide bonds. The van der Waals surface area contributed by atoms with Gasteiger partial charge in [-0.1, -0.05) is 13.8 Å². The number of hydrogen-bond acceptors (Lipinski definition) is 4. The van der Waals surface area contributed by atoms with Crippen LogP contribution in [0.15, 0.2) is 18.5 Å². The molecule has 2 atom stereocenters. The number of hydrogen-bond donors (Lipinski definition) is 1. The molecule has 6 nitrogen and oxygen atoms in total. The third-order valence-corrected chi connectivity index (χ3v) is 4.66. The maximum atomic E-state index is 12.3. The quantitative estimate of drug-likeness (QED) is 0.888. The monoisotopic (exact) mass is 283 g/mol. The summed E-state index contributed by atoms with van der Waals surface area (Å²) >= 11 is 1.53. The van der Waals surface area contributed by atoms with Crippen molar-refractivity contribution in [3.63, 3.8) is 0 Å². The molecule has 1 aromatic rings. The maximum Gasteiger partial charge on any atom is 0.327 e. The molecule has 1 aromatic heterocycles. The lowest BCUT2D eigenvalue weighted by atomic mass is 10.1. The summed E-state index contributed by atoms with van der Waals surface area (Å²) in [6.45, 7) is 4.08. The summed E-state index contributed by atoms with van der Waals surface area (Å²) in [6.07, 6.45) is 3.29. The van der Waals surface area contributed by atoms with Crippen molar-refractivity contribution >= 4 is 23.6 Å². The Morgan fingerprint density at radius 3 is 2.79 bits per heavy atom. The molecule has 2 rings (SSSR count). The van der Waals surface area contributed by atoms with E-state index in [2.05, 4.69) is 5.10 Å². The molecule has 104 valence electrons. The molecule has 1 saturated heterocycles. The Kier molecular flexibility index (Phi) is 4.14. The van der Waals surface area contributed by atoms with Crippen LogP contribution in [0, 0.1) is 5.92 Å². The number of thioether (sulfide) groups is 1. The predicted molar refractivity (Wildman–Crippen MR) is 71.6 cm³/mol. The van der Waals surface area contributed by atoms with E-state index in [4.69, 9.17) is 0 Å². The normalized spacial score (nSPS) is 23.0. The molecule has 0 aliphatic carbocycles. The van der Waals surface area contributed by atoms with Gasteiger partial charge in [0.1, 0.15) is 12.6 Å². The van der Waals surface area contributed by atoms with Crippen LogP contribution in [0.3, 0.4) is 0 Å². The lowest BCUT2D eigenvalue weighted by Crippen LogP contribution is -2.48. The van der Waals surface area contributed by atoms with Crippen molar-refractivity contribution in [1.29, 1.82) is 0 Å². The van der Waals surface area contributed by atoms with Crippen LogP contribution in [0.2, 0.25) is 0 Å². The van der Waals surface area contributed by atoms with Gasteiger partial charge in [0.15, 0.2) is 0 Å². The topological polar surface area (TPSA) is 75.4 Å². The van der Waals surface area contributed by atoms with Crippen LogP contribution in [0.5, 0.6) is 0 Å². The fourth-order valence-electron chi connectivity index (χ4n) is 2.16. The molecule has 7 heteroatoms. The second-order valence-corrected chi connectivity index (χ2v) is 5.98. The summed E-state index contributed by atoms with van der Waals surface area (Å²) in [5.74, 6) is -0.469. The zero-order valence-corrected chi connectivity index (χ0v) is 11.7. The average Bonchev–Trinajstić information content (AvgIpc) is 2.95. The van der Waals surface area contributed by atoms with Crippen molar-refractivity contribution in [2.75, 3.05) is 5.75 Å². The Balaban J connectivity index is 2.16. The average molecular weight is 283 g/mol. The lowest BCUT2D eigenvalue weighted by Gasteiger charge is -2.29. The minimum atomic E-state index is -0.940. The molecule has 0 bridgehead atoms. The summed E-state index contributed by atoms with van der Waals surface area (Å²) in [7, 11) is 0. The molecule has 1 aliphatic rings. The van der Waals surface area contributed by atoms with Gasteiger partial charge in [0.2, 0.25) is 5.91 Å². The Morgan fingerprint density at radius 1 is 1.53 bits per heavy atom. The van der Waals surface area contributed by atoms with Gasteiger partial charge in [0.25, 0.3) is 0 Å². The third-order valence-electron chi connectivity index (χ3n) is 3.03. The highest BCUT2D eigenvalue weighted by atomic mass is 32.2. The minimum absolute atomic E-state index is 0.0795. The zero-order chi connectivity index (χ0) is 14.0. The van der Waals surface area contributed by atoms with E-state index in [0.29, 0.717) is 5.75 Å². The first-order valence-corrected chi connectivity index (χ1v) is 7.18. The molecular formula is C12H17N3O3S. The molecule has 2 unspecified atom stereocenters. The number of aromatic nitrogens is 2. The summed E-state index contributed by atoms with van der Waals surface area (Å²) < 4.78 is 1.52. The standard InChI is InChI=1S/C12H17N3O3S/c1-8(2)11-15(9(7-19-11)12(17)18)10(16)6-14-5-3-4-13-14/h3-5,8-9,11H,6-7H2,1-2H3,(H,17,18). The van der Waals surface area contributed by atoms with Gasteiger partial charge in [0.05, 0.1) is 5.37 Å². The van der Waals surface area contributed by atoms with Crippen molar-refractivity contribution in [2.45, 2.75) is 31.8 Å². The van der Waals surface area contributed by atoms with Crippen molar-refractivity contribution in [2.24, 2.45) is 5.92 Å². The zero-order valence-electron chi connectivity index (χ0n) is 10.9. The molecule has 1 aliphatic heterocycles. The highest BCUT2D eigenvalue weighted by molar-refractivity contribution is 8.00. The smallest absolute Gasteiger partial charge is 0.327 e. The van der Waals surface area contributed by atoms with E-state index in [1.807, 2.05) is 13.8 Å². The van der Waals surface area contributed by atoms with E-state index in [1.165, 1.54) is 21.3 Å².